The fourth-order valence-electron chi connectivity index (χ4n) is 3.40. The Kier molecular flexibility index (Phi) is 4.02. The molecule has 0 amide bonds. The zero-order chi connectivity index (χ0) is 13.1. The highest BCUT2D eigenvalue weighted by atomic mass is 19.1. The molecule has 0 aromatic heterocycles. The number of benzene rings is 1. The fraction of sp³-hybridized carbons (Fsp3) is 0.625. The molecular weight excluding hydrogens is 239 g/mol. The number of anilines is 1. The highest BCUT2D eigenvalue weighted by molar-refractivity contribution is 5.46. The third-order valence-electron chi connectivity index (χ3n) is 4.56. The Bertz CT molecular complexity index is 390. The van der Waals surface area contributed by atoms with E-state index in [0.717, 1.165) is 37.8 Å². The Morgan fingerprint density at radius 2 is 1.58 bits per heavy atom. The molecule has 2 fully saturated rings. The van der Waals surface area contributed by atoms with E-state index < -0.39 is 0 Å². The first kappa shape index (κ1) is 12.9. The maximum Gasteiger partial charge on any atom is 0.123 e. The molecule has 1 saturated heterocycles. The van der Waals surface area contributed by atoms with E-state index in [1.165, 1.54) is 32.2 Å². The molecule has 1 aliphatic carbocycles. The maximum atomic E-state index is 12.9. The fourth-order valence-corrected chi connectivity index (χ4v) is 3.40. The molecule has 2 nitrogen and oxygen atoms in total. The van der Waals surface area contributed by atoms with Gasteiger partial charge in [-0.25, -0.2) is 4.39 Å². The average molecular weight is 262 g/mol. The van der Waals surface area contributed by atoms with Crippen LogP contribution in [0.25, 0.3) is 0 Å². The lowest BCUT2D eigenvalue weighted by Crippen LogP contribution is -2.47. The molecule has 19 heavy (non-hydrogen) atoms. The topological polar surface area (TPSA) is 6.48 Å². The Balaban J connectivity index is 1.50. The van der Waals surface area contributed by atoms with Gasteiger partial charge in [-0.2, -0.15) is 0 Å². The number of halogens is 1. The summed E-state index contributed by atoms with van der Waals surface area (Å²) in [6.45, 7) is 5.72. The Labute approximate surface area is 115 Å². The van der Waals surface area contributed by atoms with E-state index in [4.69, 9.17) is 0 Å². The molecule has 1 aromatic rings. The smallest absolute Gasteiger partial charge is 0.123 e. The van der Waals surface area contributed by atoms with E-state index in [9.17, 15) is 4.39 Å². The van der Waals surface area contributed by atoms with Gasteiger partial charge in [-0.1, -0.05) is 12.8 Å². The van der Waals surface area contributed by atoms with Crippen molar-refractivity contribution in [1.29, 1.82) is 0 Å². The maximum absolute atomic E-state index is 12.9. The SMILES string of the molecule is Fc1ccc(N2CCN(CC3CCCC3)CC2)cc1. The van der Waals surface area contributed by atoms with Gasteiger partial charge in [0.2, 0.25) is 0 Å². The monoisotopic (exact) mass is 262 g/mol. The van der Waals surface area contributed by atoms with Crippen LogP contribution in [0.1, 0.15) is 25.7 Å². The molecule has 3 heteroatoms. The van der Waals surface area contributed by atoms with Crippen molar-refractivity contribution in [2.75, 3.05) is 37.6 Å². The summed E-state index contributed by atoms with van der Waals surface area (Å²) in [6, 6.07) is 6.89. The van der Waals surface area contributed by atoms with Crippen LogP contribution in [0, 0.1) is 11.7 Å². The van der Waals surface area contributed by atoms with Crippen LogP contribution in [0.3, 0.4) is 0 Å². The van der Waals surface area contributed by atoms with Gasteiger partial charge in [0.25, 0.3) is 0 Å². The molecule has 2 aliphatic rings. The van der Waals surface area contributed by atoms with Crippen LogP contribution in [0.4, 0.5) is 10.1 Å². The molecule has 0 spiro atoms. The molecule has 0 bridgehead atoms. The second-order valence-electron chi connectivity index (χ2n) is 5.91. The lowest BCUT2D eigenvalue weighted by atomic mass is 10.1. The van der Waals surface area contributed by atoms with Gasteiger partial charge in [0.1, 0.15) is 5.82 Å². The third kappa shape index (κ3) is 3.27. The lowest BCUT2D eigenvalue weighted by molar-refractivity contribution is 0.220. The molecule has 0 atom stereocenters. The van der Waals surface area contributed by atoms with Gasteiger partial charge in [0, 0.05) is 38.4 Å². The molecule has 0 N–H and O–H groups in total. The van der Waals surface area contributed by atoms with E-state index in [0.29, 0.717) is 0 Å². The Morgan fingerprint density at radius 1 is 0.947 bits per heavy atom. The molecule has 3 rings (SSSR count). The highest BCUT2D eigenvalue weighted by Gasteiger charge is 2.22. The van der Waals surface area contributed by atoms with Crippen LogP contribution >= 0.6 is 0 Å². The van der Waals surface area contributed by atoms with Gasteiger partial charge in [0.15, 0.2) is 0 Å². The summed E-state index contributed by atoms with van der Waals surface area (Å²) in [4.78, 5) is 4.97. The predicted octanol–water partition coefficient (Wildman–Crippen LogP) is 3.14. The van der Waals surface area contributed by atoms with Gasteiger partial charge in [-0.05, 0) is 43.0 Å². The third-order valence-corrected chi connectivity index (χ3v) is 4.56. The van der Waals surface area contributed by atoms with Crippen LogP contribution in [-0.4, -0.2) is 37.6 Å². The predicted molar refractivity (Wildman–Crippen MR) is 77.0 cm³/mol. The minimum atomic E-state index is -0.149. The van der Waals surface area contributed by atoms with Gasteiger partial charge in [-0.3, -0.25) is 4.90 Å². The Hall–Kier alpha value is -1.09. The number of hydrogen-bond donors (Lipinski definition) is 0. The second kappa shape index (κ2) is 5.91. The molecule has 0 radical (unpaired) electrons. The van der Waals surface area contributed by atoms with Gasteiger partial charge >= 0.3 is 0 Å². The molecule has 1 heterocycles. The van der Waals surface area contributed by atoms with Crippen molar-refractivity contribution in [1.82, 2.24) is 4.90 Å². The molecule has 104 valence electrons. The summed E-state index contributed by atoms with van der Waals surface area (Å²) in [6.07, 6.45) is 5.72. The van der Waals surface area contributed by atoms with Gasteiger partial charge in [0.05, 0.1) is 0 Å². The van der Waals surface area contributed by atoms with E-state index in [-0.39, 0.29) is 5.82 Å². The van der Waals surface area contributed by atoms with Crippen molar-refractivity contribution in [2.45, 2.75) is 25.7 Å². The van der Waals surface area contributed by atoms with E-state index in [2.05, 4.69) is 9.80 Å². The summed E-state index contributed by atoms with van der Waals surface area (Å²) in [7, 11) is 0. The second-order valence-corrected chi connectivity index (χ2v) is 5.91. The standard InChI is InChI=1S/C16H23FN2/c17-15-5-7-16(8-6-15)19-11-9-18(10-12-19)13-14-3-1-2-4-14/h5-8,14H,1-4,9-13H2. The van der Waals surface area contributed by atoms with Crippen molar-refractivity contribution >= 4 is 5.69 Å². The summed E-state index contributed by atoms with van der Waals surface area (Å²) < 4.78 is 12.9. The minimum Gasteiger partial charge on any atom is -0.369 e. The number of hydrogen-bond acceptors (Lipinski definition) is 2. The number of nitrogens with zero attached hydrogens (tertiary/aromatic N) is 2. The number of piperazine rings is 1. The minimum absolute atomic E-state index is 0.149. The molecule has 0 unspecified atom stereocenters. The molecular formula is C16H23FN2. The van der Waals surface area contributed by atoms with Crippen LogP contribution < -0.4 is 4.90 Å². The van der Waals surface area contributed by atoms with Crippen LogP contribution in [0.2, 0.25) is 0 Å². The molecule has 1 aliphatic heterocycles. The first-order valence-electron chi connectivity index (χ1n) is 7.54. The quantitative estimate of drug-likeness (QED) is 0.825. The van der Waals surface area contributed by atoms with Gasteiger partial charge < -0.3 is 4.90 Å². The van der Waals surface area contributed by atoms with Crippen molar-refractivity contribution in [3.8, 4) is 0 Å². The number of rotatable bonds is 3. The van der Waals surface area contributed by atoms with E-state index >= 15 is 0 Å². The van der Waals surface area contributed by atoms with Crippen LogP contribution in [-0.2, 0) is 0 Å². The van der Waals surface area contributed by atoms with Crippen molar-refractivity contribution < 1.29 is 4.39 Å². The van der Waals surface area contributed by atoms with Crippen molar-refractivity contribution in [3.63, 3.8) is 0 Å². The van der Waals surface area contributed by atoms with Crippen LogP contribution in [0.5, 0.6) is 0 Å². The van der Waals surface area contributed by atoms with Crippen molar-refractivity contribution in [2.24, 2.45) is 5.92 Å². The lowest BCUT2D eigenvalue weighted by Gasteiger charge is -2.37. The molecule has 1 aromatic carbocycles. The first-order valence-corrected chi connectivity index (χ1v) is 7.54. The summed E-state index contributed by atoms with van der Waals surface area (Å²) in [5.74, 6) is 0.793. The van der Waals surface area contributed by atoms with Gasteiger partial charge in [-0.15, -0.1) is 0 Å². The Morgan fingerprint density at radius 3 is 2.21 bits per heavy atom. The molecule has 1 saturated carbocycles. The first-order chi connectivity index (χ1) is 9.31. The summed E-state index contributed by atoms with van der Waals surface area (Å²) in [5, 5.41) is 0. The van der Waals surface area contributed by atoms with Crippen LogP contribution in [0.15, 0.2) is 24.3 Å². The van der Waals surface area contributed by atoms with Crippen molar-refractivity contribution in [3.05, 3.63) is 30.1 Å². The average Bonchev–Trinajstić information content (AvgIpc) is 2.94. The van der Waals surface area contributed by atoms with E-state index in [1.54, 1.807) is 12.1 Å². The largest absolute Gasteiger partial charge is 0.369 e. The zero-order valence-corrected chi connectivity index (χ0v) is 11.5. The summed E-state index contributed by atoms with van der Waals surface area (Å²) >= 11 is 0. The summed E-state index contributed by atoms with van der Waals surface area (Å²) in [5.41, 5.74) is 1.15. The van der Waals surface area contributed by atoms with E-state index in [1.807, 2.05) is 12.1 Å². The zero-order valence-electron chi connectivity index (χ0n) is 11.5. The highest BCUT2D eigenvalue weighted by Crippen LogP contribution is 2.26. The normalized spacial score (nSPS) is 22.1.